The van der Waals surface area contributed by atoms with Crippen LogP contribution in [0.1, 0.15) is 17.9 Å². The summed E-state index contributed by atoms with van der Waals surface area (Å²) in [4.78, 5) is 16.2. The van der Waals surface area contributed by atoms with Gasteiger partial charge in [0.25, 0.3) is 0 Å². The summed E-state index contributed by atoms with van der Waals surface area (Å²) in [5.41, 5.74) is 9.72. The van der Waals surface area contributed by atoms with E-state index in [4.69, 9.17) is 28.9 Å². The second kappa shape index (κ2) is 6.44. The third-order valence-corrected chi connectivity index (χ3v) is 6.35. The van der Waals surface area contributed by atoms with Gasteiger partial charge in [-0.2, -0.15) is 5.10 Å². The Morgan fingerprint density at radius 1 is 1.38 bits per heavy atom. The highest BCUT2D eigenvalue weighted by molar-refractivity contribution is 6.44. The van der Waals surface area contributed by atoms with Crippen molar-refractivity contribution < 1.29 is 4.79 Å². The molecule has 4 rings (SSSR count). The Labute approximate surface area is 162 Å². The number of carbonyl (C=O) groups is 1. The summed E-state index contributed by atoms with van der Waals surface area (Å²) in [5.74, 6) is 0.159. The minimum absolute atomic E-state index is 0.0115. The zero-order valence-electron chi connectivity index (χ0n) is 14.7. The van der Waals surface area contributed by atoms with Crippen LogP contribution in [0.4, 0.5) is 5.69 Å². The van der Waals surface area contributed by atoms with Crippen LogP contribution >= 0.6 is 23.2 Å². The Morgan fingerprint density at radius 2 is 2.15 bits per heavy atom. The van der Waals surface area contributed by atoms with E-state index in [0.717, 1.165) is 28.8 Å². The number of carbonyl (C=O) groups excluding carboxylic acids is 1. The van der Waals surface area contributed by atoms with E-state index in [1.54, 1.807) is 4.68 Å². The van der Waals surface area contributed by atoms with Gasteiger partial charge in [-0.3, -0.25) is 9.48 Å². The number of nitrogens with zero attached hydrogens (tertiary/aromatic N) is 4. The molecular formula is C18H21Cl2N5O. The van der Waals surface area contributed by atoms with Crippen LogP contribution in [0.2, 0.25) is 10.0 Å². The standard InChI is InChI=1S/C18H21Cl2N5O/c1-23-8-10(7-22-23)11-5-13(19)17(20)18-16(11)12-9-25(15(26)6-21)4-3-14(12)24(18)2/h5,7-8,12,14H,3-4,6,9,21H2,1-2H3. The molecule has 3 heterocycles. The number of aromatic nitrogens is 2. The van der Waals surface area contributed by atoms with Gasteiger partial charge in [-0.15, -0.1) is 0 Å². The normalized spacial score (nSPS) is 21.7. The predicted molar refractivity (Wildman–Crippen MR) is 104 cm³/mol. The number of amides is 1. The van der Waals surface area contributed by atoms with Crippen LogP contribution in [-0.4, -0.2) is 53.3 Å². The van der Waals surface area contributed by atoms with Crippen molar-refractivity contribution >= 4 is 34.8 Å². The molecule has 26 heavy (non-hydrogen) atoms. The molecule has 2 atom stereocenters. The topological polar surface area (TPSA) is 67.4 Å². The number of anilines is 1. The zero-order valence-corrected chi connectivity index (χ0v) is 16.3. The van der Waals surface area contributed by atoms with Crippen molar-refractivity contribution in [2.24, 2.45) is 12.8 Å². The number of hydrogen-bond donors (Lipinski definition) is 1. The summed E-state index contributed by atoms with van der Waals surface area (Å²) in [6, 6.07) is 2.21. The number of piperidine rings is 1. The number of benzene rings is 1. The fourth-order valence-electron chi connectivity index (χ4n) is 4.35. The molecule has 1 aromatic heterocycles. The first-order valence-electron chi connectivity index (χ1n) is 8.64. The lowest BCUT2D eigenvalue weighted by Crippen LogP contribution is -2.48. The van der Waals surface area contributed by atoms with Gasteiger partial charge in [0, 0.05) is 50.9 Å². The van der Waals surface area contributed by atoms with Gasteiger partial charge < -0.3 is 15.5 Å². The molecule has 2 aliphatic heterocycles. The second-order valence-electron chi connectivity index (χ2n) is 7.00. The quantitative estimate of drug-likeness (QED) is 0.850. The minimum atomic E-state index is -0.0115. The van der Waals surface area contributed by atoms with Crippen LogP contribution in [-0.2, 0) is 11.8 Å². The summed E-state index contributed by atoms with van der Waals surface area (Å²) in [7, 11) is 3.94. The molecule has 1 aromatic carbocycles. The van der Waals surface area contributed by atoms with Gasteiger partial charge in [0.1, 0.15) is 0 Å². The lowest BCUT2D eigenvalue weighted by atomic mass is 9.85. The van der Waals surface area contributed by atoms with Gasteiger partial charge in [0.05, 0.1) is 28.5 Å². The number of aryl methyl sites for hydroxylation is 1. The molecule has 138 valence electrons. The third kappa shape index (κ3) is 2.59. The average Bonchev–Trinajstić information content (AvgIpc) is 3.19. The molecule has 2 unspecified atom stereocenters. The Hall–Kier alpha value is -1.76. The van der Waals surface area contributed by atoms with Crippen molar-refractivity contribution in [2.75, 3.05) is 31.6 Å². The van der Waals surface area contributed by atoms with E-state index in [-0.39, 0.29) is 18.4 Å². The summed E-state index contributed by atoms with van der Waals surface area (Å²) >= 11 is 13.0. The molecule has 0 radical (unpaired) electrons. The third-order valence-electron chi connectivity index (χ3n) is 5.57. The monoisotopic (exact) mass is 393 g/mol. The minimum Gasteiger partial charge on any atom is -0.369 e. The van der Waals surface area contributed by atoms with Crippen molar-refractivity contribution in [3.05, 3.63) is 34.1 Å². The van der Waals surface area contributed by atoms with E-state index in [1.165, 1.54) is 0 Å². The van der Waals surface area contributed by atoms with E-state index < -0.39 is 0 Å². The summed E-state index contributed by atoms with van der Waals surface area (Å²) in [5, 5.41) is 5.40. The summed E-state index contributed by atoms with van der Waals surface area (Å²) < 4.78 is 1.77. The fraction of sp³-hybridized carbons (Fsp3) is 0.444. The molecule has 1 amide bonds. The van der Waals surface area contributed by atoms with Crippen LogP contribution < -0.4 is 10.6 Å². The average molecular weight is 394 g/mol. The Kier molecular flexibility index (Phi) is 4.37. The van der Waals surface area contributed by atoms with Crippen molar-refractivity contribution in [1.82, 2.24) is 14.7 Å². The maximum absolute atomic E-state index is 12.2. The van der Waals surface area contributed by atoms with Crippen molar-refractivity contribution in [1.29, 1.82) is 0 Å². The predicted octanol–water partition coefficient (Wildman–Crippen LogP) is 2.49. The maximum Gasteiger partial charge on any atom is 0.236 e. The molecule has 1 fully saturated rings. The lowest BCUT2D eigenvalue weighted by Gasteiger charge is -2.37. The number of nitrogens with two attached hydrogens (primary N) is 1. The molecule has 0 saturated carbocycles. The van der Waals surface area contributed by atoms with E-state index in [1.807, 2.05) is 30.4 Å². The molecule has 6 nitrogen and oxygen atoms in total. The molecule has 1 saturated heterocycles. The Bertz CT molecular complexity index is 881. The highest BCUT2D eigenvalue weighted by atomic mass is 35.5. The van der Waals surface area contributed by atoms with Crippen LogP contribution in [0, 0.1) is 0 Å². The van der Waals surface area contributed by atoms with Gasteiger partial charge in [-0.05, 0) is 23.6 Å². The number of halogens is 2. The number of likely N-dealkylation sites (tertiary alicyclic amines) is 1. The number of fused-ring (bicyclic) bond motifs is 3. The van der Waals surface area contributed by atoms with Gasteiger partial charge in [-0.25, -0.2) is 0 Å². The molecule has 0 bridgehead atoms. The van der Waals surface area contributed by atoms with Crippen LogP contribution in [0.5, 0.6) is 0 Å². The van der Waals surface area contributed by atoms with Gasteiger partial charge in [0.2, 0.25) is 5.91 Å². The smallest absolute Gasteiger partial charge is 0.236 e. The Balaban J connectivity index is 1.87. The zero-order chi connectivity index (χ0) is 18.6. The molecule has 2 aliphatic rings. The number of hydrogen-bond acceptors (Lipinski definition) is 4. The largest absolute Gasteiger partial charge is 0.369 e. The van der Waals surface area contributed by atoms with Gasteiger partial charge >= 0.3 is 0 Å². The molecular weight excluding hydrogens is 373 g/mol. The van der Waals surface area contributed by atoms with Gasteiger partial charge in [-0.1, -0.05) is 23.2 Å². The van der Waals surface area contributed by atoms with Crippen LogP contribution in [0.25, 0.3) is 11.1 Å². The maximum atomic E-state index is 12.2. The first kappa shape index (κ1) is 17.6. The SMILES string of the molecule is CN1c2c(Cl)c(Cl)cc(-c3cnn(C)c3)c2C2CN(C(=O)CN)CCC21. The molecule has 0 spiro atoms. The van der Waals surface area contributed by atoms with E-state index in [0.29, 0.717) is 29.2 Å². The van der Waals surface area contributed by atoms with Crippen LogP contribution in [0.15, 0.2) is 18.5 Å². The van der Waals surface area contributed by atoms with E-state index in [9.17, 15) is 4.79 Å². The van der Waals surface area contributed by atoms with Gasteiger partial charge in [0.15, 0.2) is 0 Å². The molecule has 2 aromatic rings. The highest BCUT2D eigenvalue weighted by Gasteiger charge is 2.44. The summed E-state index contributed by atoms with van der Waals surface area (Å²) in [6.07, 6.45) is 4.68. The lowest BCUT2D eigenvalue weighted by molar-refractivity contribution is -0.130. The number of rotatable bonds is 2. The van der Waals surface area contributed by atoms with E-state index >= 15 is 0 Å². The Morgan fingerprint density at radius 3 is 2.81 bits per heavy atom. The van der Waals surface area contributed by atoms with Crippen molar-refractivity contribution in [3.8, 4) is 11.1 Å². The second-order valence-corrected chi connectivity index (χ2v) is 7.79. The van der Waals surface area contributed by atoms with E-state index in [2.05, 4.69) is 17.0 Å². The molecule has 8 heteroatoms. The highest BCUT2D eigenvalue weighted by Crippen LogP contribution is 2.53. The first-order valence-corrected chi connectivity index (χ1v) is 9.39. The van der Waals surface area contributed by atoms with Crippen molar-refractivity contribution in [2.45, 2.75) is 18.4 Å². The fourth-order valence-corrected chi connectivity index (χ4v) is 4.84. The summed E-state index contributed by atoms with van der Waals surface area (Å²) in [6.45, 7) is 1.39. The molecule has 0 aliphatic carbocycles. The number of likely N-dealkylation sites (N-methyl/N-ethyl adjacent to an activating group) is 1. The van der Waals surface area contributed by atoms with Crippen LogP contribution in [0.3, 0.4) is 0 Å². The first-order chi connectivity index (χ1) is 12.4. The molecule has 2 N–H and O–H groups in total. The van der Waals surface area contributed by atoms with Crippen molar-refractivity contribution in [3.63, 3.8) is 0 Å².